The summed E-state index contributed by atoms with van der Waals surface area (Å²) in [6.07, 6.45) is 3.69. The number of phenolic OH excluding ortho intramolecular Hbond substituents is 1. The Labute approximate surface area is 199 Å². The molecule has 1 saturated carbocycles. The van der Waals surface area contributed by atoms with Crippen molar-refractivity contribution in [2.45, 2.75) is 50.1 Å². The Bertz CT molecular complexity index is 1170. The fraction of sp³-hybridized carbons (Fsp3) is 0.444. The van der Waals surface area contributed by atoms with Crippen molar-refractivity contribution in [3.05, 3.63) is 59.2 Å². The highest BCUT2D eigenvalue weighted by Gasteiger charge is 2.64. The first-order valence-corrected chi connectivity index (χ1v) is 11.5. The molecule has 1 aliphatic carbocycles. The summed E-state index contributed by atoms with van der Waals surface area (Å²) in [4.78, 5) is 12.8. The van der Waals surface area contributed by atoms with Gasteiger partial charge in [0.25, 0.3) is 5.91 Å². The van der Waals surface area contributed by atoms with E-state index in [1.54, 1.807) is 43.5 Å². The number of anilines is 1. The number of ether oxygens (including phenoxy) is 3. The zero-order valence-electron chi connectivity index (χ0n) is 20.1. The van der Waals surface area contributed by atoms with E-state index >= 15 is 0 Å². The third kappa shape index (κ3) is 3.26. The molecule has 2 aromatic carbocycles. The van der Waals surface area contributed by atoms with Crippen LogP contribution in [0.5, 0.6) is 11.5 Å². The summed E-state index contributed by atoms with van der Waals surface area (Å²) in [7, 11) is 2.91. The summed E-state index contributed by atoms with van der Waals surface area (Å²) >= 11 is 0. The Morgan fingerprint density at radius 3 is 2.35 bits per heavy atom. The number of hydrogen-bond donors (Lipinski definition) is 3. The van der Waals surface area contributed by atoms with Crippen LogP contribution in [0.3, 0.4) is 0 Å². The quantitative estimate of drug-likeness (QED) is 0.621. The number of hydrogen-bond acceptors (Lipinski definition) is 6. The van der Waals surface area contributed by atoms with Crippen LogP contribution in [0.1, 0.15) is 43.9 Å². The maximum atomic E-state index is 12.8. The van der Waals surface area contributed by atoms with Crippen molar-refractivity contribution in [2.75, 3.05) is 19.5 Å². The van der Waals surface area contributed by atoms with Gasteiger partial charge in [-0.25, -0.2) is 0 Å². The summed E-state index contributed by atoms with van der Waals surface area (Å²) in [5.74, 6) is 0.977. The SMILES string of the molecule is COc1ccc([C@@]2(O)c3c(ccc(/C=C/[C@@]4(C)OC(C)(C)[C@@H]5C[C@@H]54)c3O)NC(=O)[C@@H]2OC)cc1. The molecule has 5 rings (SSSR count). The van der Waals surface area contributed by atoms with Gasteiger partial charge in [0.1, 0.15) is 11.5 Å². The zero-order chi connectivity index (χ0) is 24.5. The molecule has 0 spiro atoms. The van der Waals surface area contributed by atoms with E-state index in [4.69, 9.17) is 14.2 Å². The average molecular weight is 466 g/mol. The molecule has 0 aromatic heterocycles. The molecular formula is C27H31NO6. The summed E-state index contributed by atoms with van der Waals surface area (Å²) in [6.45, 7) is 6.32. The number of aromatic hydroxyl groups is 1. The number of methoxy groups -OCH3 is 2. The molecule has 7 heteroatoms. The van der Waals surface area contributed by atoms with Crippen LogP contribution >= 0.6 is 0 Å². The highest BCUT2D eigenvalue weighted by atomic mass is 16.5. The van der Waals surface area contributed by atoms with Gasteiger partial charge in [-0.15, -0.1) is 0 Å². The first-order valence-electron chi connectivity index (χ1n) is 11.5. The number of nitrogens with one attached hydrogen (secondary N) is 1. The lowest BCUT2D eigenvalue weighted by atomic mass is 9.76. The molecule has 2 heterocycles. The van der Waals surface area contributed by atoms with E-state index in [1.807, 2.05) is 12.2 Å². The van der Waals surface area contributed by atoms with Gasteiger partial charge in [0, 0.05) is 12.7 Å². The zero-order valence-corrected chi connectivity index (χ0v) is 20.1. The Morgan fingerprint density at radius 1 is 1.09 bits per heavy atom. The number of amides is 1. The number of benzene rings is 2. The monoisotopic (exact) mass is 465 g/mol. The van der Waals surface area contributed by atoms with Gasteiger partial charge >= 0.3 is 0 Å². The van der Waals surface area contributed by atoms with Crippen LogP contribution in [0, 0.1) is 11.8 Å². The highest BCUT2D eigenvalue weighted by molar-refractivity contribution is 6.00. The number of phenols is 1. The van der Waals surface area contributed by atoms with Crippen LogP contribution in [0.25, 0.3) is 6.08 Å². The fourth-order valence-electron chi connectivity index (χ4n) is 5.90. The van der Waals surface area contributed by atoms with Crippen LogP contribution < -0.4 is 10.1 Å². The summed E-state index contributed by atoms with van der Waals surface area (Å²) in [6, 6.07) is 10.1. The van der Waals surface area contributed by atoms with E-state index in [0.717, 1.165) is 6.42 Å². The Kier molecular flexibility index (Phi) is 5.10. The van der Waals surface area contributed by atoms with Crippen molar-refractivity contribution in [1.82, 2.24) is 0 Å². The van der Waals surface area contributed by atoms with Gasteiger partial charge in [0.15, 0.2) is 11.7 Å². The van der Waals surface area contributed by atoms with Crippen LogP contribution in [0.4, 0.5) is 5.69 Å². The van der Waals surface area contributed by atoms with E-state index in [0.29, 0.717) is 34.4 Å². The normalized spacial score (nSPS) is 33.4. The first kappa shape index (κ1) is 22.9. The average Bonchev–Trinajstić information content (AvgIpc) is 3.58. The standard InChI is InChI=1S/C27H31NO6/c1-25(2)18-14-19(18)26(3,34-25)13-12-15-6-11-20-21(22(15)29)27(31,23(33-5)24(30)28-20)16-7-9-17(32-4)10-8-16/h6-13,18-19,23,29,31H,14H2,1-5H3,(H,28,30)/b13-12+/t18-,19+,23+,26-,27-/m1/s1. The molecule has 0 unspecified atom stereocenters. The molecular weight excluding hydrogens is 434 g/mol. The lowest BCUT2D eigenvalue weighted by Crippen LogP contribution is -2.52. The van der Waals surface area contributed by atoms with Crippen LogP contribution in [0.2, 0.25) is 0 Å². The maximum absolute atomic E-state index is 12.8. The third-order valence-corrected chi connectivity index (χ3v) is 7.73. The van der Waals surface area contributed by atoms with E-state index in [9.17, 15) is 15.0 Å². The minimum absolute atomic E-state index is 0.123. The Balaban J connectivity index is 1.60. The second-order valence-corrected chi connectivity index (χ2v) is 10.2. The first-order chi connectivity index (χ1) is 16.0. The summed E-state index contributed by atoms with van der Waals surface area (Å²) < 4.78 is 17.0. The molecule has 5 atom stereocenters. The minimum Gasteiger partial charge on any atom is -0.507 e. The van der Waals surface area contributed by atoms with Crippen LogP contribution in [0.15, 0.2) is 42.5 Å². The van der Waals surface area contributed by atoms with Crippen molar-refractivity contribution in [1.29, 1.82) is 0 Å². The van der Waals surface area contributed by atoms with Crippen molar-refractivity contribution in [2.24, 2.45) is 11.8 Å². The molecule has 0 radical (unpaired) electrons. The van der Waals surface area contributed by atoms with Gasteiger partial charge in [-0.1, -0.05) is 24.3 Å². The molecule has 3 N–H and O–H groups in total. The highest BCUT2D eigenvalue weighted by Crippen LogP contribution is 2.62. The number of carbonyl (C=O) groups is 1. The number of rotatable bonds is 5. The Hall–Kier alpha value is -2.87. The molecule has 2 fully saturated rings. The van der Waals surface area contributed by atoms with Crippen LogP contribution in [-0.4, -0.2) is 47.6 Å². The summed E-state index contributed by atoms with van der Waals surface area (Å²) in [5, 5.41) is 26.1. The molecule has 2 aromatic rings. The van der Waals surface area contributed by atoms with Crippen molar-refractivity contribution in [3.63, 3.8) is 0 Å². The molecule has 180 valence electrons. The number of fused-ring (bicyclic) bond motifs is 2. The third-order valence-electron chi connectivity index (χ3n) is 7.73. The molecule has 1 saturated heterocycles. The minimum atomic E-state index is -1.91. The predicted molar refractivity (Wildman–Crippen MR) is 128 cm³/mol. The number of aliphatic hydroxyl groups is 1. The maximum Gasteiger partial charge on any atom is 0.257 e. The van der Waals surface area contributed by atoms with Crippen molar-refractivity contribution >= 4 is 17.7 Å². The van der Waals surface area contributed by atoms with Crippen molar-refractivity contribution in [3.8, 4) is 11.5 Å². The lowest BCUT2D eigenvalue weighted by molar-refractivity contribution is -0.142. The van der Waals surface area contributed by atoms with E-state index in [1.165, 1.54) is 7.11 Å². The fourth-order valence-corrected chi connectivity index (χ4v) is 5.90. The second-order valence-electron chi connectivity index (χ2n) is 10.2. The van der Waals surface area contributed by atoms with E-state index in [2.05, 4.69) is 26.1 Å². The largest absolute Gasteiger partial charge is 0.507 e. The predicted octanol–water partition coefficient (Wildman–Crippen LogP) is 3.82. The number of carbonyl (C=O) groups excluding carboxylic acids is 1. The molecule has 2 aliphatic heterocycles. The van der Waals surface area contributed by atoms with Gasteiger partial charge in [-0.2, -0.15) is 0 Å². The smallest absolute Gasteiger partial charge is 0.257 e. The summed E-state index contributed by atoms with van der Waals surface area (Å²) in [5.41, 5.74) is -1.07. The second kappa shape index (κ2) is 7.57. The van der Waals surface area contributed by atoms with E-state index < -0.39 is 23.2 Å². The van der Waals surface area contributed by atoms with Gasteiger partial charge in [-0.05, 0) is 68.9 Å². The molecule has 1 amide bonds. The lowest BCUT2D eigenvalue weighted by Gasteiger charge is -2.40. The van der Waals surface area contributed by atoms with Gasteiger partial charge < -0.3 is 29.7 Å². The van der Waals surface area contributed by atoms with E-state index in [-0.39, 0.29) is 16.9 Å². The molecule has 7 nitrogen and oxygen atoms in total. The molecule has 34 heavy (non-hydrogen) atoms. The van der Waals surface area contributed by atoms with Gasteiger partial charge in [0.05, 0.1) is 29.6 Å². The van der Waals surface area contributed by atoms with Crippen LogP contribution in [-0.2, 0) is 19.9 Å². The van der Waals surface area contributed by atoms with Gasteiger partial charge in [-0.3, -0.25) is 4.79 Å². The topological polar surface area (TPSA) is 97.3 Å². The Morgan fingerprint density at radius 2 is 1.79 bits per heavy atom. The molecule has 3 aliphatic rings. The van der Waals surface area contributed by atoms with Gasteiger partial charge in [0.2, 0.25) is 0 Å². The van der Waals surface area contributed by atoms with Crippen molar-refractivity contribution < 1.29 is 29.2 Å². The molecule has 0 bridgehead atoms.